The van der Waals surface area contributed by atoms with Gasteiger partial charge in [0.2, 0.25) is 0 Å². The zero-order valence-corrected chi connectivity index (χ0v) is 10.6. The minimum absolute atomic E-state index is 0.453. The molecule has 1 aromatic rings. The molecular formula is C12H18N2OS. The third kappa shape index (κ3) is 2.33. The molecule has 4 heteroatoms. The van der Waals surface area contributed by atoms with E-state index >= 15 is 0 Å². The summed E-state index contributed by atoms with van der Waals surface area (Å²) in [7, 11) is 0. The summed E-state index contributed by atoms with van der Waals surface area (Å²) < 4.78 is 0. The number of nitrogens with zero attached hydrogens (tertiary/aromatic N) is 2. The van der Waals surface area contributed by atoms with E-state index in [0.29, 0.717) is 6.04 Å². The van der Waals surface area contributed by atoms with Crippen molar-refractivity contribution in [2.75, 3.05) is 23.0 Å². The van der Waals surface area contributed by atoms with E-state index in [1.165, 1.54) is 0 Å². The lowest BCUT2D eigenvalue weighted by molar-refractivity contribution is 0.199. The van der Waals surface area contributed by atoms with Crippen LogP contribution in [0.1, 0.15) is 25.5 Å². The third-order valence-electron chi connectivity index (χ3n) is 2.91. The van der Waals surface area contributed by atoms with Crippen LogP contribution in [0.4, 0.5) is 5.82 Å². The molecule has 3 nitrogen and oxygen atoms in total. The number of pyridine rings is 1. The standard InChI is InChI=1S/C12H18N2OS/c1-9-8-16-7-6-14(9)12-11(10(2)15)4-3-5-13-12/h3-5,9-10,15H,6-8H2,1-2H3/t9?,10-/m0/s1. The van der Waals surface area contributed by atoms with Crippen molar-refractivity contribution in [1.82, 2.24) is 4.98 Å². The molecule has 1 aromatic heterocycles. The first-order valence-electron chi connectivity index (χ1n) is 5.67. The minimum atomic E-state index is -0.453. The number of hydrogen-bond donors (Lipinski definition) is 1. The maximum Gasteiger partial charge on any atom is 0.134 e. The van der Waals surface area contributed by atoms with Crippen LogP contribution in [0.5, 0.6) is 0 Å². The van der Waals surface area contributed by atoms with Crippen molar-refractivity contribution in [3.05, 3.63) is 23.9 Å². The molecule has 1 N–H and O–H groups in total. The van der Waals surface area contributed by atoms with Crippen molar-refractivity contribution in [2.24, 2.45) is 0 Å². The molecule has 1 aliphatic heterocycles. The summed E-state index contributed by atoms with van der Waals surface area (Å²) in [6.45, 7) is 5.03. The number of thioether (sulfide) groups is 1. The quantitative estimate of drug-likeness (QED) is 0.856. The summed E-state index contributed by atoms with van der Waals surface area (Å²) in [5.74, 6) is 3.22. The van der Waals surface area contributed by atoms with Crippen molar-refractivity contribution in [3.63, 3.8) is 0 Å². The predicted molar refractivity (Wildman–Crippen MR) is 69.0 cm³/mol. The smallest absolute Gasteiger partial charge is 0.134 e. The van der Waals surface area contributed by atoms with E-state index < -0.39 is 6.10 Å². The van der Waals surface area contributed by atoms with Crippen LogP contribution in [-0.4, -0.2) is 34.2 Å². The molecule has 1 unspecified atom stereocenters. The van der Waals surface area contributed by atoms with Gasteiger partial charge in [0.1, 0.15) is 5.82 Å². The Morgan fingerprint density at radius 1 is 1.62 bits per heavy atom. The topological polar surface area (TPSA) is 36.4 Å². The van der Waals surface area contributed by atoms with Crippen LogP contribution in [0.2, 0.25) is 0 Å². The highest BCUT2D eigenvalue weighted by molar-refractivity contribution is 7.99. The summed E-state index contributed by atoms with van der Waals surface area (Å²) in [6, 6.07) is 4.34. The van der Waals surface area contributed by atoms with Gasteiger partial charge >= 0.3 is 0 Å². The first-order chi connectivity index (χ1) is 7.70. The largest absolute Gasteiger partial charge is 0.389 e. The maximum atomic E-state index is 9.75. The van der Waals surface area contributed by atoms with Gasteiger partial charge < -0.3 is 10.0 Å². The average Bonchev–Trinajstić information content (AvgIpc) is 2.29. The molecule has 88 valence electrons. The van der Waals surface area contributed by atoms with Crippen LogP contribution >= 0.6 is 11.8 Å². The second-order valence-corrected chi connectivity index (χ2v) is 5.36. The number of hydrogen-bond acceptors (Lipinski definition) is 4. The van der Waals surface area contributed by atoms with Crippen LogP contribution < -0.4 is 4.90 Å². The van der Waals surface area contributed by atoms with E-state index in [9.17, 15) is 5.11 Å². The molecule has 2 rings (SSSR count). The van der Waals surface area contributed by atoms with Gasteiger partial charge in [-0.15, -0.1) is 0 Å². The van der Waals surface area contributed by atoms with Crippen LogP contribution in [0.3, 0.4) is 0 Å². The first kappa shape index (κ1) is 11.7. The predicted octanol–water partition coefficient (Wildman–Crippen LogP) is 2.08. The normalized spacial score (nSPS) is 23.2. The Labute approximate surface area is 101 Å². The number of anilines is 1. The Morgan fingerprint density at radius 2 is 2.44 bits per heavy atom. The van der Waals surface area contributed by atoms with Crippen LogP contribution in [0.15, 0.2) is 18.3 Å². The Morgan fingerprint density at radius 3 is 3.12 bits per heavy atom. The van der Waals surface area contributed by atoms with Gasteiger partial charge in [0.15, 0.2) is 0 Å². The van der Waals surface area contributed by atoms with Gasteiger partial charge in [-0.3, -0.25) is 0 Å². The van der Waals surface area contributed by atoms with Gasteiger partial charge in [0, 0.05) is 35.9 Å². The molecule has 2 atom stereocenters. The van der Waals surface area contributed by atoms with Gasteiger partial charge in [-0.25, -0.2) is 4.98 Å². The van der Waals surface area contributed by atoms with Gasteiger partial charge in [-0.1, -0.05) is 6.07 Å². The second-order valence-electron chi connectivity index (χ2n) is 4.21. The lowest BCUT2D eigenvalue weighted by Gasteiger charge is -2.35. The fourth-order valence-corrected chi connectivity index (χ4v) is 3.03. The molecule has 0 amide bonds. The monoisotopic (exact) mass is 238 g/mol. The molecule has 0 spiro atoms. The second kappa shape index (κ2) is 5.06. The van der Waals surface area contributed by atoms with Crippen molar-refractivity contribution in [1.29, 1.82) is 0 Å². The Balaban J connectivity index is 2.31. The third-order valence-corrected chi connectivity index (χ3v) is 4.10. The van der Waals surface area contributed by atoms with Crippen molar-refractivity contribution in [3.8, 4) is 0 Å². The van der Waals surface area contributed by atoms with Gasteiger partial charge in [0.25, 0.3) is 0 Å². The Hall–Kier alpha value is -0.740. The molecule has 2 heterocycles. The molecule has 0 radical (unpaired) electrons. The highest BCUT2D eigenvalue weighted by Crippen LogP contribution is 2.28. The zero-order valence-electron chi connectivity index (χ0n) is 9.76. The molecule has 16 heavy (non-hydrogen) atoms. The molecule has 1 fully saturated rings. The molecule has 0 aromatic carbocycles. The molecular weight excluding hydrogens is 220 g/mol. The number of aromatic nitrogens is 1. The summed E-state index contributed by atoms with van der Waals surface area (Å²) in [4.78, 5) is 6.73. The molecule has 0 aliphatic carbocycles. The number of rotatable bonds is 2. The van der Waals surface area contributed by atoms with E-state index in [4.69, 9.17) is 0 Å². The molecule has 1 saturated heterocycles. The lowest BCUT2D eigenvalue weighted by Crippen LogP contribution is -2.41. The SMILES string of the molecule is CC1CSCCN1c1ncccc1[C@H](C)O. The number of aliphatic hydroxyl groups is 1. The molecule has 0 bridgehead atoms. The Bertz CT molecular complexity index is 357. The van der Waals surface area contributed by atoms with E-state index in [0.717, 1.165) is 29.4 Å². The van der Waals surface area contributed by atoms with Gasteiger partial charge in [0.05, 0.1) is 6.10 Å². The first-order valence-corrected chi connectivity index (χ1v) is 6.83. The van der Waals surface area contributed by atoms with E-state index in [2.05, 4.69) is 16.8 Å². The highest BCUT2D eigenvalue weighted by atomic mass is 32.2. The van der Waals surface area contributed by atoms with E-state index in [1.807, 2.05) is 23.9 Å². The lowest BCUT2D eigenvalue weighted by atomic mass is 10.1. The minimum Gasteiger partial charge on any atom is -0.389 e. The fourth-order valence-electron chi connectivity index (χ4n) is 2.02. The van der Waals surface area contributed by atoms with E-state index in [-0.39, 0.29) is 0 Å². The average molecular weight is 238 g/mol. The zero-order chi connectivity index (χ0) is 11.5. The summed E-state index contributed by atoms with van der Waals surface area (Å²) in [6.07, 6.45) is 1.35. The van der Waals surface area contributed by atoms with Crippen LogP contribution in [-0.2, 0) is 0 Å². The summed E-state index contributed by atoms with van der Waals surface area (Å²) in [5, 5.41) is 9.75. The molecule has 1 aliphatic rings. The summed E-state index contributed by atoms with van der Waals surface area (Å²) in [5.41, 5.74) is 0.932. The summed E-state index contributed by atoms with van der Waals surface area (Å²) >= 11 is 1.98. The van der Waals surface area contributed by atoms with Crippen molar-refractivity contribution < 1.29 is 5.11 Å². The van der Waals surface area contributed by atoms with Crippen LogP contribution in [0, 0.1) is 0 Å². The fraction of sp³-hybridized carbons (Fsp3) is 0.583. The van der Waals surface area contributed by atoms with Gasteiger partial charge in [-0.05, 0) is 19.9 Å². The van der Waals surface area contributed by atoms with Crippen LogP contribution in [0.25, 0.3) is 0 Å². The van der Waals surface area contributed by atoms with Crippen molar-refractivity contribution >= 4 is 17.6 Å². The van der Waals surface area contributed by atoms with Crippen molar-refractivity contribution in [2.45, 2.75) is 26.0 Å². The Kier molecular flexibility index (Phi) is 3.71. The highest BCUT2D eigenvalue weighted by Gasteiger charge is 2.23. The molecule has 0 saturated carbocycles. The maximum absolute atomic E-state index is 9.75. The number of aliphatic hydroxyl groups excluding tert-OH is 1. The van der Waals surface area contributed by atoms with E-state index in [1.54, 1.807) is 13.1 Å². The van der Waals surface area contributed by atoms with Gasteiger partial charge in [-0.2, -0.15) is 11.8 Å².